The molecule has 1 aliphatic rings. The molecule has 0 unspecified atom stereocenters. The predicted molar refractivity (Wildman–Crippen MR) is 163 cm³/mol. The number of anilines is 3. The molecule has 3 heterocycles. The average Bonchev–Trinajstić information content (AvgIpc) is 3.53. The highest BCUT2D eigenvalue weighted by Gasteiger charge is 2.31. The Morgan fingerprint density at radius 2 is 1.79 bits per heavy atom. The molecule has 10 nitrogen and oxygen atoms in total. The van der Waals surface area contributed by atoms with Gasteiger partial charge in [0.1, 0.15) is 23.1 Å². The zero-order valence-corrected chi connectivity index (χ0v) is 23.9. The molecule has 6 rings (SSSR count). The Kier molecular flexibility index (Phi) is 7.18. The summed E-state index contributed by atoms with van der Waals surface area (Å²) in [6, 6.07) is 21.4. The predicted octanol–water partition coefficient (Wildman–Crippen LogP) is 6.05. The van der Waals surface area contributed by atoms with Gasteiger partial charge in [0, 0.05) is 42.2 Å². The summed E-state index contributed by atoms with van der Waals surface area (Å²) in [5, 5.41) is 3.25. The lowest BCUT2D eigenvalue weighted by Gasteiger charge is -2.35. The number of benzene rings is 3. The number of nitrogens with zero attached hydrogens (tertiary/aromatic N) is 5. The number of hydrogen-bond acceptors (Lipinski definition) is 7. The molecule has 3 aromatic carbocycles. The number of fused-ring (bicyclic) bond motifs is 1. The second kappa shape index (κ2) is 11.2. The van der Waals surface area contributed by atoms with Crippen LogP contribution in [0.5, 0.6) is 11.5 Å². The second-order valence-corrected chi connectivity index (χ2v) is 10.0. The van der Waals surface area contributed by atoms with Gasteiger partial charge in [0.25, 0.3) is 0 Å². The first-order chi connectivity index (χ1) is 20.4. The number of rotatable bonds is 8. The van der Waals surface area contributed by atoms with E-state index in [0.717, 1.165) is 50.7 Å². The largest absolute Gasteiger partial charge is 0.497 e. The molecule has 5 aromatic rings. The van der Waals surface area contributed by atoms with Crippen molar-refractivity contribution in [1.82, 2.24) is 19.9 Å². The summed E-state index contributed by atoms with van der Waals surface area (Å²) in [5.74, 6) is 3.31. The van der Waals surface area contributed by atoms with Crippen LogP contribution in [0, 0.1) is 6.92 Å². The third-order valence-electron chi connectivity index (χ3n) is 7.36. The quantitative estimate of drug-likeness (QED) is 0.237. The summed E-state index contributed by atoms with van der Waals surface area (Å²) >= 11 is 0. The van der Waals surface area contributed by atoms with Crippen molar-refractivity contribution in [2.75, 3.05) is 36.4 Å². The van der Waals surface area contributed by atoms with Crippen LogP contribution < -0.4 is 24.6 Å². The number of carbonyl (C=O) groups excluding carboxylic acids is 1. The maximum absolute atomic E-state index is 13.6. The molecule has 42 heavy (non-hydrogen) atoms. The maximum Gasteiger partial charge on any atom is 0.330 e. The highest BCUT2D eigenvalue weighted by atomic mass is 16.5. The van der Waals surface area contributed by atoms with Crippen molar-refractivity contribution >= 4 is 23.5 Å². The molecule has 0 radical (unpaired) electrons. The van der Waals surface area contributed by atoms with Gasteiger partial charge < -0.3 is 19.8 Å². The number of carbonyl (C=O) groups is 1. The lowest BCUT2D eigenvalue weighted by atomic mass is 10.1. The number of amides is 2. The third-order valence-corrected chi connectivity index (χ3v) is 7.36. The summed E-state index contributed by atoms with van der Waals surface area (Å²) in [6.45, 7) is 2.89. The van der Waals surface area contributed by atoms with E-state index in [1.807, 2.05) is 73.7 Å². The Morgan fingerprint density at radius 1 is 0.976 bits per heavy atom. The highest BCUT2D eigenvalue weighted by Crippen LogP contribution is 2.35. The van der Waals surface area contributed by atoms with Crippen molar-refractivity contribution in [3.05, 3.63) is 95.8 Å². The first-order valence-electron chi connectivity index (χ1n) is 13.5. The zero-order valence-electron chi connectivity index (χ0n) is 23.9. The van der Waals surface area contributed by atoms with E-state index >= 15 is 0 Å². The van der Waals surface area contributed by atoms with E-state index in [-0.39, 0.29) is 6.03 Å². The molecular formula is C32H31N7O3. The topological polar surface area (TPSA) is 108 Å². The van der Waals surface area contributed by atoms with Crippen molar-refractivity contribution in [1.29, 1.82) is 0 Å². The molecule has 0 bridgehead atoms. The SMILES string of the molecule is COc1ccc(CNc2ncc3c(n2)N(C)C(=O)N(c2cc(-c4ncc(-c5ccccc5OC)[nH]4)ccc2C)C3)cc1. The molecule has 0 saturated heterocycles. The van der Waals surface area contributed by atoms with Crippen LogP contribution in [0.25, 0.3) is 22.6 Å². The molecule has 0 saturated carbocycles. The Morgan fingerprint density at radius 3 is 2.57 bits per heavy atom. The number of hydrogen-bond donors (Lipinski definition) is 2. The van der Waals surface area contributed by atoms with Crippen molar-refractivity contribution in [2.45, 2.75) is 20.0 Å². The van der Waals surface area contributed by atoms with Crippen LogP contribution in [0.2, 0.25) is 0 Å². The van der Waals surface area contributed by atoms with Gasteiger partial charge in [-0.25, -0.2) is 14.8 Å². The minimum Gasteiger partial charge on any atom is -0.497 e. The fraction of sp³-hybridized carbons (Fsp3) is 0.188. The lowest BCUT2D eigenvalue weighted by molar-refractivity contribution is 0.251. The number of urea groups is 1. The maximum atomic E-state index is 13.6. The van der Waals surface area contributed by atoms with Gasteiger partial charge >= 0.3 is 6.03 Å². The fourth-order valence-corrected chi connectivity index (χ4v) is 5.03. The van der Waals surface area contributed by atoms with Gasteiger partial charge in [-0.3, -0.25) is 9.80 Å². The number of nitrogens with one attached hydrogen (secondary N) is 2. The van der Waals surface area contributed by atoms with Crippen LogP contribution in [-0.2, 0) is 13.1 Å². The number of ether oxygens (including phenoxy) is 2. The van der Waals surface area contributed by atoms with Crippen LogP contribution in [0.3, 0.4) is 0 Å². The van der Waals surface area contributed by atoms with Crippen molar-refractivity contribution in [3.8, 4) is 34.1 Å². The van der Waals surface area contributed by atoms with Gasteiger partial charge in [0.2, 0.25) is 5.95 Å². The van der Waals surface area contributed by atoms with E-state index in [1.165, 1.54) is 0 Å². The first kappa shape index (κ1) is 26.8. The van der Waals surface area contributed by atoms with E-state index in [4.69, 9.17) is 9.47 Å². The Hall–Kier alpha value is -5.38. The Bertz CT molecular complexity index is 1750. The summed E-state index contributed by atoms with van der Waals surface area (Å²) in [6.07, 6.45) is 3.57. The molecule has 1 aliphatic heterocycles. The van der Waals surface area contributed by atoms with Gasteiger partial charge in [0.05, 0.1) is 32.7 Å². The third kappa shape index (κ3) is 5.10. The smallest absolute Gasteiger partial charge is 0.330 e. The number of aromatic amines is 1. The van der Waals surface area contributed by atoms with Crippen LogP contribution in [0.1, 0.15) is 16.7 Å². The van der Waals surface area contributed by atoms with Gasteiger partial charge in [0.15, 0.2) is 0 Å². The Labute approximate surface area is 244 Å². The van der Waals surface area contributed by atoms with Crippen molar-refractivity contribution < 1.29 is 14.3 Å². The molecule has 212 valence electrons. The van der Waals surface area contributed by atoms with Crippen LogP contribution >= 0.6 is 0 Å². The number of imidazole rings is 1. The lowest BCUT2D eigenvalue weighted by Crippen LogP contribution is -2.46. The Balaban J connectivity index is 1.23. The van der Waals surface area contributed by atoms with Gasteiger partial charge in [-0.05, 0) is 48.4 Å². The van der Waals surface area contributed by atoms with Crippen molar-refractivity contribution in [3.63, 3.8) is 0 Å². The van der Waals surface area contributed by atoms with E-state index in [1.54, 1.807) is 43.5 Å². The van der Waals surface area contributed by atoms with Gasteiger partial charge in [-0.2, -0.15) is 4.98 Å². The standard InChI is InChI=1S/C32H31N7O3/c1-20-9-12-22(29-33-18-26(36-29)25-7-5-6-8-28(25)42-4)15-27(20)39-19-23-17-35-31(37-30(23)38(2)32(39)40)34-16-21-10-13-24(41-3)14-11-21/h5-15,17-18H,16,19H2,1-4H3,(H,33,36)(H,34,35,37). The van der Waals surface area contributed by atoms with Crippen LogP contribution in [-0.4, -0.2) is 47.2 Å². The van der Waals surface area contributed by atoms with Crippen LogP contribution in [0.4, 0.5) is 22.2 Å². The molecule has 0 atom stereocenters. The molecule has 0 fully saturated rings. The summed E-state index contributed by atoms with van der Waals surface area (Å²) < 4.78 is 10.7. The fourth-order valence-electron chi connectivity index (χ4n) is 5.03. The highest BCUT2D eigenvalue weighted by molar-refractivity contribution is 6.05. The molecule has 0 aliphatic carbocycles. The molecule has 10 heteroatoms. The number of aryl methyl sites for hydroxylation is 1. The average molecular weight is 562 g/mol. The number of H-pyrrole nitrogens is 1. The van der Waals surface area contributed by atoms with E-state index in [0.29, 0.717) is 30.7 Å². The summed E-state index contributed by atoms with van der Waals surface area (Å²) in [7, 11) is 5.03. The van der Waals surface area contributed by atoms with Crippen molar-refractivity contribution in [2.24, 2.45) is 0 Å². The van der Waals surface area contributed by atoms with Crippen LogP contribution in [0.15, 0.2) is 79.1 Å². The number of aromatic nitrogens is 4. The van der Waals surface area contributed by atoms with Gasteiger partial charge in [-0.1, -0.05) is 36.4 Å². The second-order valence-electron chi connectivity index (χ2n) is 10.0. The van der Waals surface area contributed by atoms with Gasteiger partial charge in [-0.15, -0.1) is 0 Å². The van der Waals surface area contributed by atoms with E-state index < -0.39 is 0 Å². The minimum absolute atomic E-state index is 0.170. The molecule has 2 aromatic heterocycles. The molecular weight excluding hydrogens is 530 g/mol. The van der Waals surface area contributed by atoms with E-state index in [9.17, 15) is 4.79 Å². The zero-order chi connectivity index (χ0) is 29.2. The first-order valence-corrected chi connectivity index (χ1v) is 13.5. The summed E-state index contributed by atoms with van der Waals surface area (Å²) in [5.41, 5.74) is 6.33. The number of para-hydroxylation sites is 1. The minimum atomic E-state index is -0.170. The monoisotopic (exact) mass is 561 g/mol. The summed E-state index contributed by atoms with van der Waals surface area (Å²) in [4.78, 5) is 34.2. The molecule has 2 amide bonds. The number of methoxy groups -OCH3 is 2. The van der Waals surface area contributed by atoms with E-state index in [2.05, 4.69) is 25.3 Å². The molecule has 0 spiro atoms. The molecule has 2 N–H and O–H groups in total. The normalized spacial score (nSPS) is 12.7.